The second-order valence-electron chi connectivity index (χ2n) is 4.37. The quantitative estimate of drug-likeness (QED) is 0.628. The molecule has 0 bridgehead atoms. The smallest absolute Gasteiger partial charge is 0.271 e. The lowest BCUT2D eigenvalue weighted by Gasteiger charge is -2.13. The van der Waals surface area contributed by atoms with Crippen LogP contribution < -0.4 is 5.32 Å². The third-order valence-corrected chi connectivity index (χ3v) is 3.29. The van der Waals surface area contributed by atoms with Crippen LogP contribution >= 0.6 is 0 Å². The van der Waals surface area contributed by atoms with Gasteiger partial charge in [0.15, 0.2) is 0 Å². The number of hydrogen-bond acceptors (Lipinski definition) is 3. The normalized spacial score (nSPS) is 15.7. The molecule has 0 fully saturated rings. The van der Waals surface area contributed by atoms with Crippen LogP contribution in [0.15, 0.2) is 30.5 Å². The Balaban J connectivity index is 2.09. The molecule has 1 aliphatic rings. The molecule has 3 rings (SSSR count). The van der Waals surface area contributed by atoms with E-state index in [-0.39, 0.29) is 10.6 Å². The van der Waals surface area contributed by atoms with E-state index in [1.807, 2.05) is 12.3 Å². The van der Waals surface area contributed by atoms with E-state index in [1.54, 1.807) is 12.1 Å². The van der Waals surface area contributed by atoms with Crippen LogP contribution in [0.2, 0.25) is 0 Å². The number of nitrogens with zero attached hydrogens (tertiary/aromatic N) is 1. The van der Waals surface area contributed by atoms with Crippen molar-refractivity contribution in [2.45, 2.75) is 6.42 Å². The first kappa shape index (κ1) is 11.0. The van der Waals surface area contributed by atoms with E-state index in [4.69, 9.17) is 0 Å². The number of H-pyrrole nitrogens is 1. The Labute approximate surface area is 104 Å². The van der Waals surface area contributed by atoms with Crippen molar-refractivity contribution in [3.8, 4) is 0 Å². The molecule has 0 radical (unpaired) electrons. The maximum Gasteiger partial charge on any atom is 0.271 e. The summed E-state index contributed by atoms with van der Waals surface area (Å²) in [5, 5.41) is 15.0. The number of fused-ring (bicyclic) bond motifs is 1. The fraction of sp³-hybridized carbons (Fsp3) is 0.231. The number of benzene rings is 1. The number of nitro groups is 1. The lowest BCUT2D eigenvalue weighted by Crippen LogP contribution is -2.19. The summed E-state index contributed by atoms with van der Waals surface area (Å²) in [5.41, 5.74) is 3.39. The van der Waals surface area contributed by atoms with Gasteiger partial charge in [-0.3, -0.25) is 10.1 Å². The van der Waals surface area contributed by atoms with Crippen LogP contribution in [0.1, 0.15) is 12.0 Å². The van der Waals surface area contributed by atoms with E-state index in [2.05, 4.69) is 16.4 Å². The highest BCUT2D eigenvalue weighted by molar-refractivity contribution is 5.93. The van der Waals surface area contributed by atoms with E-state index >= 15 is 0 Å². The zero-order chi connectivity index (χ0) is 12.5. The van der Waals surface area contributed by atoms with E-state index in [9.17, 15) is 10.1 Å². The summed E-state index contributed by atoms with van der Waals surface area (Å²) in [6.07, 6.45) is 5.10. The molecule has 18 heavy (non-hydrogen) atoms. The van der Waals surface area contributed by atoms with Gasteiger partial charge in [0.25, 0.3) is 5.69 Å². The molecule has 1 aromatic carbocycles. The second-order valence-corrected chi connectivity index (χ2v) is 4.37. The average molecular weight is 243 g/mol. The minimum Gasteiger partial charge on any atom is -0.360 e. The van der Waals surface area contributed by atoms with Gasteiger partial charge in [-0.1, -0.05) is 6.08 Å². The summed E-state index contributed by atoms with van der Waals surface area (Å²) in [4.78, 5) is 13.5. The number of non-ortho nitro benzene ring substituents is 1. The molecule has 0 atom stereocenters. The van der Waals surface area contributed by atoms with Crippen molar-refractivity contribution in [3.05, 3.63) is 46.1 Å². The second kappa shape index (κ2) is 4.27. The molecular weight excluding hydrogens is 230 g/mol. The van der Waals surface area contributed by atoms with Crippen LogP contribution in [0.25, 0.3) is 16.5 Å². The molecule has 0 saturated carbocycles. The number of nitro benzene ring substituents is 1. The largest absolute Gasteiger partial charge is 0.360 e. The lowest BCUT2D eigenvalue weighted by molar-refractivity contribution is -0.384. The Bertz CT molecular complexity index is 643. The predicted molar refractivity (Wildman–Crippen MR) is 70.4 cm³/mol. The molecule has 1 aromatic heterocycles. The highest BCUT2D eigenvalue weighted by atomic mass is 16.6. The number of aromatic nitrogens is 1. The van der Waals surface area contributed by atoms with Gasteiger partial charge in [0, 0.05) is 35.8 Å². The topological polar surface area (TPSA) is 71.0 Å². The molecule has 5 nitrogen and oxygen atoms in total. The maximum atomic E-state index is 10.7. The van der Waals surface area contributed by atoms with Crippen molar-refractivity contribution in [2.75, 3.05) is 13.1 Å². The molecule has 2 aromatic rings. The van der Waals surface area contributed by atoms with Crippen LogP contribution in [0.4, 0.5) is 5.69 Å². The standard InChI is InChI=1S/C13H13N3O2/c17-16(18)10-1-2-11-12(8-15-13(11)7-10)9-3-5-14-6-4-9/h1-3,7-8,14-15H,4-6H2. The highest BCUT2D eigenvalue weighted by Gasteiger charge is 2.13. The Hall–Kier alpha value is -2.14. The van der Waals surface area contributed by atoms with Gasteiger partial charge in [0.1, 0.15) is 0 Å². The Morgan fingerprint density at radius 1 is 1.33 bits per heavy atom. The maximum absolute atomic E-state index is 10.7. The zero-order valence-electron chi connectivity index (χ0n) is 9.77. The molecule has 92 valence electrons. The number of rotatable bonds is 2. The molecule has 2 N–H and O–H groups in total. The SMILES string of the molecule is O=[N+]([O-])c1ccc2c(C3=CCNCC3)c[nH]c2c1. The molecule has 0 saturated heterocycles. The minimum atomic E-state index is -0.371. The number of hydrogen-bond donors (Lipinski definition) is 2. The number of nitrogens with one attached hydrogen (secondary N) is 2. The fourth-order valence-electron chi connectivity index (χ4n) is 2.36. The first-order chi connectivity index (χ1) is 8.75. The summed E-state index contributed by atoms with van der Waals surface area (Å²) in [6, 6.07) is 4.96. The van der Waals surface area contributed by atoms with E-state index in [0.717, 1.165) is 36.0 Å². The highest BCUT2D eigenvalue weighted by Crippen LogP contribution is 2.29. The first-order valence-corrected chi connectivity index (χ1v) is 5.91. The van der Waals surface area contributed by atoms with Gasteiger partial charge in [-0.2, -0.15) is 0 Å². The first-order valence-electron chi connectivity index (χ1n) is 5.91. The Kier molecular flexibility index (Phi) is 2.60. The monoisotopic (exact) mass is 243 g/mol. The molecule has 0 unspecified atom stereocenters. The van der Waals surface area contributed by atoms with Crippen molar-refractivity contribution in [2.24, 2.45) is 0 Å². The third kappa shape index (κ3) is 1.78. The van der Waals surface area contributed by atoms with Crippen molar-refractivity contribution in [1.82, 2.24) is 10.3 Å². The summed E-state index contributed by atoms with van der Waals surface area (Å²) in [7, 11) is 0. The minimum absolute atomic E-state index is 0.121. The van der Waals surface area contributed by atoms with Crippen molar-refractivity contribution < 1.29 is 4.92 Å². The molecule has 1 aliphatic heterocycles. The van der Waals surface area contributed by atoms with Gasteiger partial charge in [0.05, 0.1) is 10.4 Å². The van der Waals surface area contributed by atoms with Crippen LogP contribution in [0, 0.1) is 10.1 Å². The van der Waals surface area contributed by atoms with Gasteiger partial charge in [-0.25, -0.2) is 0 Å². The van der Waals surface area contributed by atoms with Crippen LogP contribution in [-0.4, -0.2) is 23.0 Å². The molecule has 2 heterocycles. The van der Waals surface area contributed by atoms with E-state index < -0.39 is 0 Å². The van der Waals surface area contributed by atoms with Gasteiger partial charge < -0.3 is 10.3 Å². The summed E-state index contributed by atoms with van der Waals surface area (Å²) >= 11 is 0. The van der Waals surface area contributed by atoms with Crippen molar-refractivity contribution >= 4 is 22.2 Å². The Morgan fingerprint density at radius 2 is 2.22 bits per heavy atom. The van der Waals surface area contributed by atoms with Gasteiger partial charge in [0.2, 0.25) is 0 Å². The van der Waals surface area contributed by atoms with E-state index in [0.29, 0.717) is 0 Å². The molecule has 0 aliphatic carbocycles. The lowest BCUT2D eigenvalue weighted by atomic mass is 10.00. The predicted octanol–water partition coefficient (Wildman–Crippen LogP) is 2.45. The van der Waals surface area contributed by atoms with Gasteiger partial charge in [-0.05, 0) is 24.6 Å². The van der Waals surface area contributed by atoms with Crippen LogP contribution in [0.3, 0.4) is 0 Å². The van der Waals surface area contributed by atoms with Gasteiger partial charge >= 0.3 is 0 Å². The average Bonchev–Trinajstić information content (AvgIpc) is 2.82. The van der Waals surface area contributed by atoms with Gasteiger partial charge in [-0.15, -0.1) is 0 Å². The Morgan fingerprint density at radius 3 is 2.94 bits per heavy atom. The molecular formula is C13H13N3O2. The molecule has 0 spiro atoms. The van der Waals surface area contributed by atoms with Crippen LogP contribution in [-0.2, 0) is 0 Å². The van der Waals surface area contributed by atoms with Crippen molar-refractivity contribution in [1.29, 1.82) is 0 Å². The van der Waals surface area contributed by atoms with Crippen LogP contribution in [0.5, 0.6) is 0 Å². The molecule has 0 amide bonds. The summed E-state index contributed by atoms with van der Waals surface area (Å²) in [6.45, 7) is 1.86. The third-order valence-electron chi connectivity index (χ3n) is 3.29. The van der Waals surface area contributed by atoms with E-state index in [1.165, 1.54) is 5.57 Å². The number of aromatic amines is 1. The fourth-order valence-corrected chi connectivity index (χ4v) is 2.36. The van der Waals surface area contributed by atoms with Crippen molar-refractivity contribution in [3.63, 3.8) is 0 Å². The zero-order valence-corrected chi connectivity index (χ0v) is 9.77. The summed E-state index contributed by atoms with van der Waals surface area (Å²) < 4.78 is 0. The molecule has 5 heteroatoms. The summed E-state index contributed by atoms with van der Waals surface area (Å²) in [5.74, 6) is 0.